The lowest BCUT2D eigenvalue weighted by Crippen LogP contribution is -2.35. The van der Waals surface area contributed by atoms with Gasteiger partial charge in [-0.3, -0.25) is 4.79 Å². The fourth-order valence-corrected chi connectivity index (χ4v) is 3.79. The number of benzene rings is 1. The maximum absolute atomic E-state index is 12.5. The Hall–Kier alpha value is -2.35. The molecule has 27 heavy (non-hydrogen) atoms. The van der Waals surface area contributed by atoms with Crippen molar-refractivity contribution in [3.8, 4) is 0 Å². The Morgan fingerprint density at radius 1 is 1.19 bits per heavy atom. The summed E-state index contributed by atoms with van der Waals surface area (Å²) in [5, 5.41) is 3.75. The van der Waals surface area contributed by atoms with E-state index in [1.165, 1.54) is 11.8 Å². The van der Waals surface area contributed by atoms with Gasteiger partial charge in [-0.15, -0.1) is 11.8 Å². The molecule has 7 nitrogen and oxygen atoms in total. The highest BCUT2D eigenvalue weighted by molar-refractivity contribution is 7.98. The third-order valence-electron chi connectivity index (χ3n) is 4.31. The van der Waals surface area contributed by atoms with Crippen LogP contribution in [0.1, 0.15) is 47.8 Å². The molecule has 0 radical (unpaired) electrons. The van der Waals surface area contributed by atoms with Gasteiger partial charge in [0, 0.05) is 18.0 Å². The molecule has 0 unspecified atom stereocenters. The number of hydrogen-bond donors (Lipinski definition) is 0. The number of ether oxygens (including phenoxy) is 1. The van der Waals surface area contributed by atoms with Crippen LogP contribution in [-0.2, 0) is 15.3 Å². The number of carbonyl (C=O) groups is 2. The summed E-state index contributed by atoms with van der Waals surface area (Å²) in [6.07, 6.45) is 4.31. The fourth-order valence-electron chi connectivity index (χ4n) is 2.92. The number of aryl methyl sites for hydroxylation is 1. The molecule has 1 saturated heterocycles. The molecule has 0 N–H and O–H groups in total. The van der Waals surface area contributed by atoms with Gasteiger partial charge in [0.1, 0.15) is 0 Å². The molecule has 2 aromatic rings. The maximum Gasteiger partial charge on any atom is 0.339 e. The van der Waals surface area contributed by atoms with Crippen molar-refractivity contribution < 1.29 is 18.8 Å². The highest BCUT2D eigenvalue weighted by atomic mass is 32.2. The Morgan fingerprint density at radius 2 is 1.93 bits per heavy atom. The number of thioether (sulfide) groups is 1. The molecule has 1 aliphatic heterocycles. The lowest BCUT2D eigenvalue weighted by molar-refractivity contribution is -0.134. The number of aromatic nitrogens is 2. The molecule has 2 heterocycles. The first-order chi connectivity index (χ1) is 13.1. The first-order valence-electron chi connectivity index (χ1n) is 9.09. The Balaban J connectivity index is 1.56. The zero-order chi connectivity index (χ0) is 19.1. The smallest absolute Gasteiger partial charge is 0.339 e. The molecule has 0 bridgehead atoms. The van der Waals surface area contributed by atoms with Gasteiger partial charge >= 0.3 is 5.97 Å². The standard InChI is InChI=1S/C19H23N3O4S/c1-14-20-17(26-21-14)13-27-16-9-5-4-8-15(16)19(24)25-12-18(23)22-10-6-2-3-7-11-22/h4-5,8-9H,2-3,6-7,10-13H2,1H3. The molecule has 1 aliphatic rings. The molecule has 0 atom stereocenters. The summed E-state index contributed by atoms with van der Waals surface area (Å²) in [5.41, 5.74) is 0.433. The average molecular weight is 389 g/mol. The minimum atomic E-state index is -0.497. The van der Waals surface area contributed by atoms with Crippen LogP contribution in [0.4, 0.5) is 0 Å². The molecular weight excluding hydrogens is 366 g/mol. The fraction of sp³-hybridized carbons (Fsp3) is 0.474. The molecule has 0 saturated carbocycles. The number of rotatable bonds is 6. The summed E-state index contributed by atoms with van der Waals surface area (Å²) < 4.78 is 10.4. The van der Waals surface area contributed by atoms with Crippen molar-refractivity contribution in [3.63, 3.8) is 0 Å². The zero-order valence-electron chi connectivity index (χ0n) is 15.3. The summed E-state index contributed by atoms with van der Waals surface area (Å²) in [5.74, 6) is 0.903. The number of hydrogen-bond acceptors (Lipinski definition) is 7. The first kappa shape index (κ1) is 19.4. The van der Waals surface area contributed by atoms with Gasteiger partial charge in [0.05, 0.1) is 11.3 Å². The van der Waals surface area contributed by atoms with Gasteiger partial charge in [-0.1, -0.05) is 30.1 Å². The largest absolute Gasteiger partial charge is 0.452 e. The van der Waals surface area contributed by atoms with Gasteiger partial charge in [0.2, 0.25) is 5.89 Å². The summed E-state index contributed by atoms with van der Waals surface area (Å²) in [4.78, 5) is 31.5. The van der Waals surface area contributed by atoms with Crippen molar-refractivity contribution in [1.29, 1.82) is 0 Å². The van der Waals surface area contributed by atoms with Crippen molar-refractivity contribution in [3.05, 3.63) is 41.5 Å². The highest BCUT2D eigenvalue weighted by Crippen LogP contribution is 2.26. The van der Waals surface area contributed by atoms with Crippen molar-refractivity contribution in [1.82, 2.24) is 15.0 Å². The Kier molecular flexibility index (Phi) is 6.86. The van der Waals surface area contributed by atoms with Gasteiger partial charge in [-0.05, 0) is 31.9 Å². The minimum Gasteiger partial charge on any atom is -0.452 e. The minimum absolute atomic E-state index is 0.128. The second kappa shape index (κ2) is 9.55. The topological polar surface area (TPSA) is 85.5 Å². The maximum atomic E-state index is 12.5. The van der Waals surface area contributed by atoms with E-state index < -0.39 is 5.97 Å². The Labute approximate surface area is 162 Å². The van der Waals surface area contributed by atoms with E-state index in [9.17, 15) is 9.59 Å². The van der Waals surface area contributed by atoms with E-state index in [2.05, 4.69) is 10.1 Å². The number of amides is 1. The first-order valence-corrected chi connectivity index (χ1v) is 10.1. The van der Waals surface area contributed by atoms with Crippen molar-refractivity contribution in [2.75, 3.05) is 19.7 Å². The van der Waals surface area contributed by atoms with E-state index in [0.29, 0.717) is 23.0 Å². The molecular formula is C19H23N3O4S. The lowest BCUT2D eigenvalue weighted by Gasteiger charge is -2.20. The predicted octanol–water partition coefficient (Wildman–Crippen LogP) is 3.23. The molecule has 1 amide bonds. The van der Waals surface area contributed by atoms with Gasteiger partial charge in [-0.25, -0.2) is 4.79 Å². The summed E-state index contributed by atoms with van der Waals surface area (Å²) in [7, 11) is 0. The van der Waals surface area contributed by atoms with Gasteiger partial charge in [0.15, 0.2) is 12.4 Å². The van der Waals surface area contributed by atoms with Crippen LogP contribution in [0, 0.1) is 6.92 Å². The molecule has 144 valence electrons. The van der Waals surface area contributed by atoms with Gasteiger partial charge in [0.25, 0.3) is 5.91 Å². The molecule has 8 heteroatoms. The monoisotopic (exact) mass is 389 g/mol. The van der Waals surface area contributed by atoms with Crippen LogP contribution in [0.15, 0.2) is 33.7 Å². The van der Waals surface area contributed by atoms with E-state index in [0.717, 1.165) is 43.7 Å². The third-order valence-corrected chi connectivity index (χ3v) is 5.37. The van der Waals surface area contributed by atoms with E-state index in [1.807, 2.05) is 12.1 Å². The summed E-state index contributed by atoms with van der Waals surface area (Å²) in [6.45, 7) is 3.02. The van der Waals surface area contributed by atoms with Crippen molar-refractivity contribution in [2.45, 2.75) is 43.3 Å². The van der Waals surface area contributed by atoms with E-state index >= 15 is 0 Å². The number of esters is 1. The molecule has 1 aromatic carbocycles. The third kappa shape index (κ3) is 5.56. The van der Waals surface area contributed by atoms with E-state index in [1.54, 1.807) is 24.0 Å². The van der Waals surface area contributed by atoms with E-state index in [-0.39, 0.29) is 12.5 Å². The van der Waals surface area contributed by atoms with E-state index in [4.69, 9.17) is 9.26 Å². The number of likely N-dealkylation sites (tertiary alicyclic amines) is 1. The predicted molar refractivity (Wildman–Crippen MR) is 100 cm³/mol. The Morgan fingerprint density at radius 3 is 2.63 bits per heavy atom. The second-order valence-corrected chi connectivity index (χ2v) is 7.41. The normalized spacial score (nSPS) is 14.6. The number of nitrogens with zero attached hydrogens (tertiary/aromatic N) is 3. The molecule has 1 aromatic heterocycles. The summed E-state index contributed by atoms with van der Waals surface area (Å²) in [6, 6.07) is 7.15. The SMILES string of the molecule is Cc1noc(CSc2ccccc2C(=O)OCC(=O)N2CCCCCC2)n1. The molecule has 3 rings (SSSR count). The molecule has 0 aliphatic carbocycles. The second-order valence-electron chi connectivity index (χ2n) is 6.39. The average Bonchev–Trinajstić information content (AvgIpc) is 2.93. The highest BCUT2D eigenvalue weighted by Gasteiger charge is 2.19. The van der Waals surface area contributed by atoms with Gasteiger partial charge in [-0.2, -0.15) is 4.98 Å². The van der Waals surface area contributed by atoms with Crippen LogP contribution >= 0.6 is 11.8 Å². The molecule has 0 spiro atoms. The van der Waals surface area contributed by atoms with Crippen LogP contribution in [0.3, 0.4) is 0 Å². The van der Waals surface area contributed by atoms with Crippen LogP contribution in [0.2, 0.25) is 0 Å². The lowest BCUT2D eigenvalue weighted by atomic mass is 10.2. The number of carbonyl (C=O) groups excluding carboxylic acids is 2. The quantitative estimate of drug-likeness (QED) is 0.554. The van der Waals surface area contributed by atoms with Crippen LogP contribution in [-0.4, -0.2) is 46.6 Å². The summed E-state index contributed by atoms with van der Waals surface area (Å²) >= 11 is 1.41. The van der Waals surface area contributed by atoms with Crippen molar-refractivity contribution in [2.24, 2.45) is 0 Å². The van der Waals surface area contributed by atoms with Gasteiger partial charge < -0.3 is 14.2 Å². The molecule has 1 fully saturated rings. The Bertz CT molecular complexity index is 785. The zero-order valence-corrected chi connectivity index (χ0v) is 16.2. The van der Waals surface area contributed by atoms with Crippen LogP contribution < -0.4 is 0 Å². The van der Waals surface area contributed by atoms with Crippen LogP contribution in [0.25, 0.3) is 0 Å². The van der Waals surface area contributed by atoms with Crippen LogP contribution in [0.5, 0.6) is 0 Å². The van der Waals surface area contributed by atoms with Crippen molar-refractivity contribution >= 4 is 23.6 Å².